The highest BCUT2D eigenvalue weighted by Gasteiger charge is 2.22. The number of carbonyl (C=O) groups excluding carboxylic acids is 1. The van der Waals surface area contributed by atoms with Gasteiger partial charge in [0, 0.05) is 13.0 Å². The molecule has 1 aromatic heterocycles. The van der Waals surface area contributed by atoms with Gasteiger partial charge < -0.3 is 5.32 Å². The second kappa shape index (κ2) is 6.86. The van der Waals surface area contributed by atoms with Crippen LogP contribution in [0.4, 0.5) is 5.95 Å². The van der Waals surface area contributed by atoms with E-state index in [0.29, 0.717) is 22.5 Å². The summed E-state index contributed by atoms with van der Waals surface area (Å²) in [4.78, 5) is 16.8. The second-order valence-electron chi connectivity index (χ2n) is 5.50. The SMILES string of the molecule is Cn1nc(C2CCNCC2)nc1NC(=O)c1cccc(Cl)c1Cl. The number of halogens is 2. The summed E-state index contributed by atoms with van der Waals surface area (Å²) in [5.74, 6) is 1.13. The Balaban J connectivity index is 1.78. The Morgan fingerprint density at radius 1 is 1.35 bits per heavy atom. The van der Waals surface area contributed by atoms with Crippen molar-refractivity contribution in [2.24, 2.45) is 7.05 Å². The first-order valence-electron chi connectivity index (χ1n) is 7.43. The second-order valence-corrected chi connectivity index (χ2v) is 6.28. The topological polar surface area (TPSA) is 71.8 Å². The lowest BCUT2D eigenvalue weighted by molar-refractivity contribution is 0.102. The van der Waals surface area contributed by atoms with Crippen LogP contribution in [0.3, 0.4) is 0 Å². The molecule has 3 rings (SSSR count). The molecule has 1 aromatic carbocycles. The molecule has 6 nitrogen and oxygen atoms in total. The molecule has 1 saturated heterocycles. The van der Waals surface area contributed by atoms with Crippen LogP contribution in [-0.2, 0) is 7.05 Å². The van der Waals surface area contributed by atoms with Gasteiger partial charge in [0.1, 0.15) is 0 Å². The minimum Gasteiger partial charge on any atom is -0.317 e. The molecule has 23 heavy (non-hydrogen) atoms. The average Bonchev–Trinajstić information content (AvgIpc) is 2.92. The maximum Gasteiger partial charge on any atom is 0.259 e. The van der Waals surface area contributed by atoms with E-state index < -0.39 is 0 Å². The van der Waals surface area contributed by atoms with Crippen molar-refractivity contribution in [3.05, 3.63) is 39.6 Å². The van der Waals surface area contributed by atoms with Crippen molar-refractivity contribution in [3.63, 3.8) is 0 Å². The zero-order valence-corrected chi connectivity index (χ0v) is 14.2. The summed E-state index contributed by atoms with van der Waals surface area (Å²) in [7, 11) is 1.76. The third kappa shape index (κ3) is 3.49. The zero-order chi connectivity index (χ0) is 16.4. The number of aromatic nitrogens is 3. The highest BCUT2D eigenvalue weighted by Crippen LogP contribution is 2.27. The molecule has 8 heteroatoms. The van der Waals surface area contributed by atoms with Crippen LogP contribution in [0.25, 0.3) is 0 Å². The van der Waals surface area contributed by atoms with Gasteiger partial charge in [0.05, 0.1) is 15.6 Å². The first-order valence-corrected chi connectivity index (χ1v) is 8.19. The molecule has 0 unspecified atom stereocenters. The third-order valence-corrected chi connectivity index (χ3v) is 4.72. The molecule has 2 aromatic rings. The van der Waals surface area contributed by atoms with Crippen LogP contribution in [-0.4, -0.2) is 33.8 Å². The van der Waals surface area contributed by atoms with Gasteiger partial charge in [-0.25, -0.2) is 4.68 Å². The van der Waals surface area contributed by atoms with Gasteiger partial charge >= 0.3 is 0 Å². The lowest BCUT2D eigenvalue weighted by atomic mass is 9.98. The highest BCUT2D eigenvalue weighted by atomic mass is 35.5. The molecule has 0 atom stereocenters. The maximum atomic E-state index is 12.4. The fourth-order valence-corrected chi connectivity index (χ4v) is 3.00. The number of hydrogen-bond donors (Lipinski definition) is 2. The van der Waals surface area contributed by atoms with Gasteiger partial charge in [-0.3, -0.25) is 10.1 Å². The van der Waals surface area contributed by atoms with Gasteiger partial charge in [0.15, 0.2) is 5.82 Å². The number of rotatable bonds is 3. The van der Waals surface area contributed by atoms with Crippen LogP contribution in [0.2, 0.25) is 10.0 Å². The van der Waals surface area contributed by atoms with Crippen molar-refractivity contribution < 1.29 is 4.79 Å². The molecular weight excluding hydrogens is 337 g/mol. The van der Waals surface area contributed by atoms with Gasteiger partial charge in [0.2, 0.25) is 5.95 Å². The minimum absolute atomic E-state index is 0.229. The number of benzene rings is 1. The molecular formula is C15H17Cl2N5O. The van der Waals surface area contributed by atoms with E-state index in [2.05, 4.69) is 20.7 Å². The Kier molecular flexibility index (Phi) is 4.84. The monoisotopic (exact) mass is 353 g/mol. The number of amides is 1. The van der Waals surface area contributed by atoms with Crippen LogP contribution < -0.4 is 10.6 Å². The molecule has 1 aliphatic heterocycles. The predicted molar refractivity (Wildman–Crippen MR) is 90.3 cm³/mol. The van der Waals surface area contributed by atoms with E-state index in [0.717, 1.165) is 31.8 Å². The van der Waals surface area contributed by atoms with Gasteiger partial charge in [-0.15, -0.1) is 0 Å². The molecule has 122 valence electrons. The average molecular weight is 354 g/mol. The predicted octanol–water partition coefficient (Wildman–Crippen LogP) is 2.84. The fraction of sp³-hybridized carbons (Fsp3) is 0.400. The van der Waals surface area contributed by atoms with E-state index in [4.69, 9.17) is 23.2 Å². The Hall–Kier alpha value is -1.63. The summed E-state index contributed by atoms with van der Waals surface area (Å²) < 4.78 is 1.58. The molecule has 0 spiro atoms. The Morgan fingerprint density at radius 3 is 2.83 bits per heavy atom. The fourth-order valence-electron chi connectivity index (χ4n) is 2.61. The number of nitrogens with zero attached hydrogens (tertiary/aromatic N) is 3. The first kappa shape index (κ1) is 16.2. The number of nitrogens with one attached hydrogen (secondary N) is 2. The summed E-state index contributed by atoms with van der Waals surface area (Å²) >= 11 is 12.0. The first-order chi connectivity index (χ1) is 11.1. The Bertz CT molecular complexity index is 725. The zero-order valence-electron chi connectivity index (χ0n) is 12.6. The van der Waals surface area contributed by atoms with E-state index in [-0.39, 0.29) is 10.9 Å². The Morgan fingerprint density at radius 2 is 2.09 bits per heavy atom. The number of hydrogen-bond acceptors (Lipinski definition) is 4. The summed E-state index contributed by atoms with van der Waals surface area (Å²) in [5.41, 5.74) is 0.311. The van der Waals surface area contributed by atoms with Crippen LogP contribution >= 0.6 is 23.2 Å². The highest BCUT2D eigenvalue weighted by molar-refractivity contribution is 6.44. The van der Waals surface area contributed by atoms with Crippen molar-refractivity contribution >= 4 is 35.1 Å². The van der Waals surface area contributed by atoms with Crippen LogP contribution in [0, 0.1) is 0 Å². The molecule has 2 heterocycles. The number of carbonyl (C=O) groups is 1. The van der Waals surface area contributed by atoms with E-state index in [1.165, 1.54) is 0 Å². The number of piperidine rings is 1. The van der Waals surface area contributed by atoms with Crippen molar-refractivity contribution in [1.29, 1.82) is 0 Å². The molecule has 0 bridgehead atoms. The normalized spacial score (nSPS) is 15.6. The Labute approximate surface area is 144 Å². The van der Waals surface area contributed by atoms with E-state index in [9.17, 15) is 4.79 Å². The van der Waals surface area contributed by atoms with E-state index in [1.54, 1.807) is 29.9 Å². The standard InChI is InChI=1S/C15H17Cl2N5O/c1-22-15(19-13(21-22)9-5-7-18-8-6-9)20-14(23)10-3-2-4-11(16)12(10)17/h2-4,9,18H,5-8H2,1H3,(H,19,20,21,23). The van der Waals surface area contributed by atoms with E-state index >= 15 is 0 Å². The molecule has 1 amide bonds. The lowest BCUT2D eigenvalue weighted by Gasteiger charge is -2.19. The van der Waals surface area contributed by atoms with Crippen molar-refractivity contribution in [2.75, 3.05) is 18.4 Å². The third-order valence-electron chi connectivity index (χ3n) is 3.91. The smallest absolute Gasteiger partial charge is 0.259 e. The van der Waals surface area contributed by atoms with Gasteiger partial charge in [-0.1, -0.05) is 29.3 Å². The number of anilines is 1. The summed E-state index contributed by atoms with van der Waals surface area (Å²) in [5, 5.41) is 11.1. The van der Waals surface area contributed by atoms with E-state index in [1.807, 2.05) is 0 Å². The van der Waals surface area contributed by atoms with Crippen LogP contribution in [0.15, 0.2) is 18.2 Å². The maximum absolute atomic E-state index is 12.4. The summed E-state index contributed by atoms with van der Waals surface area (Å²) in [6, 6.07) is 4.94. The molecule has 0 aliphatic carbocycles. The molecule has 0 radical (unpaired) electrons. The molecule has 1 aliphatic rings. The van der Waals surface area contributed by atoms with Gasteiger partial charge in [0.25, 0.3) is 5.91 Å². The van der Waals surface area contributed by atoms with Crippen molar-refractivity contribution in [3.8, 4) is 0 Å². The number of aryl methyl sites for hydroxylation is 1. The molecule has 2 N–H and O–H groups in total. The van der Waals surface area contributed by atoms with Gasteiger partial charge in [-0.2, -0.15) is 10.1 Å². The molecule has 0 saturated carbocycles. The van der Waals surface area contributed by atoms with Crippen molar-refractivity contribution in [1.82, 2.24) is 20.1 Å². The lowest BCUT2D eigenvalue weighted by Crippen LogP contribution is -2.27. The largest absolute Gasteiger partial charge is 0.317 e. The minimum atomic E-state index is -0.357. The van der Waals surface area contributed by atoms with Crippen molar-refractivity contribution in [2.45, 2.75) is 18.8 Å². The van der Waals surface area contributed by atoms with Crippen LogP contribution in [0.1, 0.15) is 34.9 Å². The molecule has 1 fully saturated rings. The summed E-state index contributed by atoms with van der Waals surface area (Å²) in [6.45, 7) is 1.92. The summed E-state index contributed by atoms with van der Waals surface area (Å²) in [6.07, 6.45) is 2.00. The van der Waals surface area contributed by atoms with Crippen LogP contribution in [0.5, 0.6) is 0 Å². The van der Waals surface area contributed by atoms with Gasteiger partial charge in [-0.05, 0) is 38.1 Å². The quantitative estimate of drug-likeness (QED) is 0.889.